The van der Waals surface area contributed by atoms with E-state index < -0.39 is 29.6 Å². The lowest BCUT2D eigenvalue weighted by molar-refractivity contribution is -0.127. The van der Waals surface area contributed by atoms with Gasteiger partial charge < -0.3 is 19.5 Å². The maximum Gasteiger partial charge on any atom is 0.339 e. The molecule has 1 fully saturated rings. The maximum absolute atomic E-state index is 12.8. The minimum atomic E-state index is -0.617. The summed E-state index contributed by atoms with van der Waals surface area (Å²) in [6.07, 6.45) is 3.11. The number of carbonyl (C=O) groups is 4. The highest BCUT2D eigenvalue weighted by molar-refractivity contribution is 8.18. The Kier molecular flexibility index (Phi) is 9.38. The van der Waals surface area contributed by atoms with Gasteiger partial charge in [-0.1, -0.05) is 24.9 Å². The lowest BCUT2D eigenvalue weighted by Gasteiger charge is -2.13. The second-order valence-corrected chi connectivity index (χ2v) is 9.01. The first-order chi connectivity index (χ1) is 17.3. The number of ether oxygens (including phenoxy) is 3. The largest absolute Gasteiger partial charge is 0.497 e. The number of hydrogen-bond donors (Lipinski definition) is 1. The van der Waals surface area contributed by atoms with Gasteiger partial charge in [0.25, 0.3) is 11.1 Å². The first kappa shape index (κ1) is 27.1. The molecule has 9 nitrogen and oxygen atoms in total. The molecule has 0 atom stereocenters. The number of imide groups is 1. The molecular weight excluding hydrogens is 508 g/mol. The van der Waals surface area contributed by atoms with Crippen molar-refractivity contribution in [2.75, 3.05) is 32.7 Å². The lowest BCUT2D eigenvalue weighted by atomic mass is 10.1. The highest BCUT2D eigenvalue weighted by Crippen LogP contribution is 2.35. The van der Waals surface area contributed by atoms with E-state index in [1.54, 1.807) is 18.2 Å². The highest BCUT2D eigenvalue weighted by Gasteiger charge is 2.36. The van der Waals surface area contributed by atoms with Crippen molar-refractivity contribution in [2.24, 2.45) is 0 Å². The molecule has 0 aliphatic carbocycles. The standard InChI is InChI=1S/C25H25ClN2O7S/c1-4-5-10-35-24(31)18-12-16(7-9-19(18)26)27-22(29)14-28-23(30)21(36-25(28)32)11-15-6-8-17(33-2)13-20(15)34-3/h6-9,11-13H,4-5,10,14H2,1-3H3,(H,27,29)/b21-11+. The molecule has 11 heteroatoms. The number of nitrogens with one attached hydrogen (secondary N) is 1. The summed E-state index contributed by atoms with van der Waals surface area (Å²) in [7, 11) is 3.00. The van der Waals surface area contributed by atoms with E-state index in [2.05, 4.69) is 5.32 Å². The van der Waals surface area contributed by atoms with Crippen molar-refractivity contribution in [1.82, 2.24) is 4.90 Å². The zero-order valence-electron chi connectivity index (χ0n) is 20.0. The van der Waals surface area contributed by atoms with Gasteiger partial charge in [0.1, 0.15) is 18.0 Å². The number of nitrogens with zero attached hydrogens (tertiary/aromatic N) is 1. The Morgan fingerprint density at radius 2 is 1.89 bits per heavy atom. The number of hydrogen-bond acceptors (Lipinski definition) is 8. The summed E-state index contributed by atoms with van der Waals surface area (Å²) in [6, 6.07) is 9.41. The molecule has 1 N–H and O–H groups in total. The Bertz CT molecular complexity index is 1210. The molecule has 0 radical (unpaired) electrons. The van der Waals surface area contributed by atoms with E-state index in [1.807, 2.05) is 6.92 Å². The summed E-state index contributed by atoms with van der Waals surface area (Å²) in [4.78, 5) is 51.2. The number of halogens is 1. The van der Waals surface area contributed by atoms with E-state index in [9.17, 15) is 19.2 Å². The van der Waals surface area contributed by atoms with Crippen molar-refractivity contribution >= 4 is 58.1 Å². The van der Waals surface area contributed by atoms with Crippen molar-refractivity contribution in [3.63, 3.8) is 0 Å². The number of amides is 3. The van der Waals surface area contributed by atoms with Crippen LogP contribution < -0.4 is 14.8 Å². The molecule has 3 amide bonds. The van der Waals surface area contributed by atoms with Crippen LogP contribution in [0, 0.1) is 0 Å². The van der Waals surface area contributed by atoms with E-state index >= 15 is 0 Å². The van der Waals surface area contributed by atoms with Crippen LogP contribution in [0.25, 0.3) is 6.08 Å². The minimum Gasteiger partial charge on any atom is -0.497 e. The number of rotatable bonds is 10. The Hall–Kier alpha value is -3.50. The fourth-order valence-electron chi connectivity index (χ4n) is 3.21. The molecule has 0 aromatic heterocycles. The van der Waals surface area contributed by atoms with E-state index in [0.29, 0.717) is 17.1 Å². The van der Waals surface area contributed by atoms with Crippen LogP contribution in [0.2, 0.25) is 5.02 Å². The summed E-state index contributed by atoms with van der Waals surface area (Å²) >= 11 is 6.83. The van der Waals surface area contributed by atoms with Crippen molar-refractivity contribution in [2.45, 2.75) is 19.8 Å². The molecule has 2 aromatic rings. The zero-order chi connectivity index (χ0) is 26.2. The highest BCUT2D eigenvalue weighted by atomic mass is 35.5. The fraction of sp³-hybridized carbons (Fsp3) is 0.280. The van der Waals surface area contributed by atoms with Crippen LogP contribution in [-0.4, -0.2) is 55.3 Å². The first-order valence-electron chi connectivity index (χ1n) is 11.0. The molecule has 0 bridgehead atoms. The third-order valence-corrected chi connectivity index (χ3v) is 6.34. The van der Waals surface area contributed by atoms with Gasteiger partial charge in [-0.2, -0.15) is 0 Å². The van der Waals surface area contributed by atoms with E-state index in [1.165, 1.54) is 38.5 Å². The summed E-state index contributed by atoms with van der Waals surface area (Å²) in [5.41, 5.74) is 0.957. The Morgan fingerprint density at radius 3 is 2.58 bits per heavy atom. The lowest BCUT2D eigenvalue weighted by Crippen LogP contribution is -2.36. The van der Waals surface area contributed by atoms with Crippen LogP contribution in [0.3, 0.4) is 0 Å². The molecule has 0 saturated carbocycles. The predicted molar refractivity (Wildman–Crippen MR) is 137 cm³/mol. The molecule has 1 aliphatic rings. The molecule has 1 heterocycles. The molecule has 2 aromatic carbocycles. The number of benzene rings is 2. The van der Waals surface area contributed by atoms with Gasteiger partial charge in [-0.25, -0.2) is 4.79 Å². The molecule has 0 spiro atoms. The van der Waals surface area contributed by atoms with Gasteiger partial charge in [-0.15, -0.1) is 0 Å². The Balaban J connectivity index is 1.69. The maximum atomic E-state index is 12.8. The number of anilines is 1. The monoisotopic (exact) mass is 532 g/mol. The second-order valence-electron chi connectivity index (χ2n) is 7.61. The van der Waals surface area contributed by atoms with Gasteiger partial charge in [0.05, 0.1) is 36.3 Å². The average Bonchev–Trinajstić information content (AvgIpc) is 3.12. The molecule has 36 heavy (non-hydrogen) atoms. The number of thioether (sulfide) groups is 1. The summed E-state index contributed by atoms with van der Waals surface area (Å²) < 4.78 is 15.7. The van der Waals surface area contributed by atoms with Gasteiger partial charge in [0.15, 0.2) is 0 Å². The van der Waals surface area contributed by atoms with Gasteiger partial charge in [0.2, 0.25) is 5.91 Å². The smallest absolute Gasteiger partial charge is 0.339 e. The third-order valence-electron chi connectivity index (χ3n) is 5.10. The summed E-state index contributed by atoms with van der Waals surface area (Å²) in [6.45, 7) is 1.73. The van der Waals surface area contributed by atoms with Crippen molar-refractivity contribution in [1.29, 1.82) is 0 Å². The molecule has 0 unspecified atom stereocenters. The quantitative estimate of drug-likeness (QED) is 0.259. The van der Waals surface area contributed by atoms with Crippen molar-refractivity contribution < 1.29 is 33.4 Å². The number of carbonyl (C=O) groups excluding carboxylic acids is 4. The first-order valence-corrected chi connectivity index (χ1v) is 12.2. The normalized spacial score (nSPS) is 14.2. The van der Waals surface area contributed by atoms with Gasteiger partial charge in [-0.3, -0.25) is 19.3 Å². The van der Waals surface area contributed by atoms with Crippen molar-refractivity contribution in [3.05, 3.63) is 57.5 Å². The molecule has 3 rings (SSSR count). The topological polar surface area (TPSA) is 111 Å². The van der Waals surface area contributed by atoms with Crippen LogP contribution in [0.4, 0.5) is 10.5 Å². The number of unbranched alkanes of at least 4 members (excludes halogenated alkanes) is 1. The molecular formula is C25H25ClN2O7S. The number of methoxy groups -OCH3 is 2. The Labute approximate surface area is 217 Å². The van der Waals surface area contributed by atoms with Crippen LogP contribution in [-0.2, 0) is 14.3 Å². The van der Waals surface area contributed by atoms with E-state index in [4.69, 9.17) is 25.8 Å². The molecule has 1 saturated heterocycles. The van der Waals surface area contributed by atoms with Crippen molar-refractivity contribution in [3.8, 4) is 11.5 Å². The third kappa shape index (κ3) is 6.58. The fourth-order valence-corrected chi connectivity index (χ4v) is 4.23. The van der Waals surface area contributed by atoms with Crippen LogP contribution >= 0.6 is 23.4 Å². The van der Waals surface area contributed by atoms with E-state index in [-0.39, 0.29) is 27.8 Å². The zero-order valence-corrected chi connectivity index (χ0v) is 21.5. The van der Waals surface area contributed by atoms with E-state index in [0.717, 1.165) is 29.5 Å². The predicted octanol–water partition coefficient (Wildman–Crippen LogP) is 4.99. The molecule has 1 aliphatic heterocycles. The van der Waals surface area contributed by atoms with Gasteiger partial charge in [0, 0.05) is 17.3 Å². The second kappa shape index (κ2) is 12.5. The van der Waals surface area contributed by atoms with Gasteiger partial charge >= 0.3 is 5.97 Å². The van der Waals surface area contributed by atoms with Crippen LogP contribution in [0.1, 0.15) is 35.7 Å². The average molecular weight is 533 g/mol. The van der Waals surface area contributed by atoms with Crippen LogP contribution in [0.15, 0.2) is 41.3 Å². The Morgan fingerprint density at radius 1 is 1.11 bits per heavy atom. The minimum absolute atomic E-state index is 0.105. The molecule has 190 valence electrons. The van der Waals surface area contributed by atoms with Gasteiger partial charge in [-0.05, 0) is 54.6 Å². The SMILES string of the molecule is CCCCOC(=O)c1cc(NC(=O)CN2C(=O)S/C(=C/c3ccc(OC)cc3OC)C2=O)ccc1Cl. The number of esters is 1. The summed E-state index contributed by atoms with van der Waals surface area (Å²) in [5, 5.41) is 2.18. The summed E-state index contributed by atoms with van der Waals surface area (Å²) in [5.74, 6) is -0.781. The van der Waals surface area contributed by atoms with Crippen LogP contribution in [0.5, 0.6) is 11.5 Å².